The van der Waals surface area contributed by atoms with E-state index in [2.05, 4.69) is 13.8 Å². The van der Waals surface area contributed by atoms with Gasteiger partial charge in [-0.25, -0.2) is 0 Å². The minimum Gasteiger partial charge on any atom is -0.497 e. The summed E-state index contributed by atoms with van der Waals surface area (Å²) in [7, 11) is 1.60. The first-order valence-electron chi connectivity index (χ1n) is 9.35. The van der Waals surface area contributed by atoms with Crippen molar-refractivity contribution in [1.82, 2.24) is 0 Å². The fraction of sp³-hybridized carbons (Fsp3) is 0.348. The molecule has 0 amide bonds. The van der Waals surface area contributed by atoms with E-state index < -0.39 is 0 Å². The highest BCUT2D eigenvalue weighted by Crippen LogP contribution is 2.31. The number of carbonyl (C=O) groups excluding carboxylic acids is 1. The van der Waals surface area contributed by atoms with Crippen LogP contribution in [0.2, 0.25) is 0 Å². The standard InChI is InChI=1S/C23H28O4/c1-5-13-26-22-15-18(16-23(17(22)3)27-14-6-2)7-12-21(24)19-8-10-20(25-4)11-9-19/h7-12,15-16H,5-6,13-14H2,1-4H3/b12-7+. The zero-order chi connectivity index (χ0) is 19.6. The molecule has 0 aromatic heterocycles. The maximum absolute atomic E-state index is 12.4. The van der Waals surface area contributed by atoms with E-state index in [1.54, 1.807) is 43.5 Å². The van der Waals surface area contributed by atoms with Crippen LogP contribution in [0.15, 0.2) is 42.5 Å². The molecule has 4 nitrogen and oxygen atoms in total. The third-order valence-electron chi connectivity index (χ3n) is 4.06. The fourth-order valence-corrected chi connectivity index (χ4v) is 2.53. The van der Waals surface area contributed by atoms with E-state index in [1.807, 2.05) is 19.1 Å². The second-order valence-electron chi connectivity index (χ2n) is 6.27. The molecular weight excluding hydrogens is 340 g/mol. The van der Waals surface area contributed by atoms with E-state index in [9.17, 15) is 4.79 Å². The average molecular weight is 368 g/mol. The van der Waals surface area contributed by atoms with E-state index in [4.69, 9.17) is 14.2 Å². The maximum Gasteiger partial charge on any atom is 0.185 e. The summed E-state index contributed by atoms with van der Waals surface area (Å²) in [5.74, 6) is 2.25. The highest BCUT2D eigenvalue weighted by Gasteiger charge is 2.09. The van der Waals surface area contributed by atoms with Crippen LogP contribution in [0.5, 0.6) is 17.2 Å². The summed E-state index contributed by atoms with van der Waals surface area (Å²) in [6.07, 6.45) is 5.23. The predicted molar refractivity (Wildman–Crippen MR) is 109 cm³/mol. The third-order valence-corrected chi connectivity index (χ3v) is 4.06. The average Bonchev–Trinajstić information content (AvgIpc) is 2.70. The van der Waals surface area contributed by atoms with E-state index in [1.165, 1.54) is 0 Å². The van der Waals surface area contributed by atoms with Crippen LogP contribution >= 0.6 is 0 Å². The summed E-state index contributed by atoms with van der Waals surface area (Å²) in [5.41, 5.74) is 2.47. The van der Waals surface area contributed by atoms with E-state index in [-0.39, 0.29) is 5.78 Å². The minimum absolute atomic E-state index is 0.0646. The Morgan fingerprint density at radius 3 is 2.00 bits per heavy atom. The van der Waals surface area contributed by atoms with Gasteiger partial charge in [0.2, 0.25) is 0 Å². The van der Waals surface area contributed by atoms with Crippen molar-refractivity contribution in [3.8, 4) is 17.2 Å². The van der Waals surface area contributed by atoms with Crippen molar-refractivity contribution in [3.63, 3.8) is 0 Å². The van der Waals surface area contributed by atoms with E-state index in [0.717, 1.165) is 41.2 Å². The first-order valence-corrected chi connectivity index (χ1v) is 9.35. The molecule has 0 fully saturated rings. The number of methoxy groups -OCH3 is 1. The molecule has 0 aliphatic rings. The SMILES string of the molecule is CCCOc1cc(/C=C/C(=O)c2ccc(OC)cc2)cc(OCCC)c1C. The quantitative estimate of drug-likeness (QED) is 0.412. The molecule has 0 bridgehead atoms. The van der Waals surface area contributed by atoms with Crippen LogP contribution in [0.4, 0.5) is 0 Å². The molecule has 2 aromatic carbocycles. The molecule has 2 rings (SSSR count). The molecule has 0 aliphatic carbocycles. The van der Waals surface area contributed by atoms with Gasteiger partial charge in [-0.3, -0.25) is 4.79 Å². The van der Waals surface area contributed by atoms with Crippen LogP contribution in [0, 0.1) is 6.92 Å². The van der Waals surface area contributed by atoms with Crippen LogP contribution < -0.4 is 14.2 Å². The number of benzene rings is 2. The molecule has 144 valence electrons. The molecule has 0 N–H and O–H groups in total. The fourth-order valence-electron chi connectivity index (χ4n) is 2.53. The van der Waals surface area contributed by atoms with Gasteiger partial charge in [-0.1, -0.05) is 19.9 Å². The molecule has 0 unspecified atom stereocenters. The van der Waals surface area contributed by atoms with Gasteiger partial charge in [-0.15, -0.1) is 0 Å². The lowest BCUT2D eigenvalue weighted by molar-refractivity contribution is 0.104. The second kappa shape index (κ2) is 10.4. The Balaban J connectivity index is 2.23. The van der Waals surface area contributed by atoms with Crippen LogP contribution in [0.3, 0.4) is 0 Å². The van der Waals surface area contributed by atoms with Crippen molar-refractivity contribution < 1.29 is 19.0 Å². The molecule has 0 saturated heterocycles. The highest BCUT2D eigenvalue weighted by molar-refractivity contribution is 6.06. The van der Waals surface area contributed by atoms with Gasteiger partial charge in [0.05, 0.1) is 20.3 Å². The summed E-state index contributed by atoms with van der Waals surface area (Å²) in [4.78, 5) is 12.4. The lowest BCUT2D eigenvalue weighted by Crippen LogP contribution is -2.02. The Labute approximate surface area is 161 Å². The van der Waals surface area contributed by atoms with Crippen LogP contribution in [0.1, 0.15) is 48.2 Å². The van der Waals surface area contributed by atoms with Crippen molar-refractivity contribution in [2.45, 2.75) is 33.6 Å². The zero-order valence-corrected chi connectivity index (χ0v) is 16.6. The first-order chi connectivity index (χ1) is 13.1. The molecule has 0 atom stereocenters. The molecule has 2 aromatic rings. The Kier molecular flexibility index (Phi) is 7.93. The summed E-state index contributed by atoms with van der Waals surface area (Å²) in [6.45, 7) is 7.42. The molecular formula is C23H28O4. The van der Waals surface area contributed by atoms with Crippen molar-refractivity contribution in [2.24, 2.45) is 0 Å². The molecule has 0 radical (unpaired) electrons. The second-order valence-corrected chi connectivity index (χ2v) is 6.27. The lowest BCUT2D eigenvalue weighted by Gasteiger charge is -2.14. The zero-order valence-electron chi connectivity index (χ0n) is 16.6. The number of ketones is 1. The van der Waals surface area contributed by atoms with Crippen molar-refractivity contribution >= 4 is 11.9 Å². The van der Waals surface area contributed by atoms with Crippen LogP contribution in [-0.4, -0.2) is 26.1 Å². The molecule has 0 heterocycles. The third kappa shape index (κ3) is 5.88. The minimum atomic E-state index is -0.0646. The Bertz CT molecular complexity index is 746. The highest BCUT2D eigenvalue weighted by atomic mass is 16.5. The molecule has 4 heteroatoms. The Morgan fingerprint density at radius 1 is 0.963 bits per heavy atom. The smallest absolute Gasteiger partial charge is 0.185 e. The summed E-state index contributed by atoms with van der Waals surface area (Å²) < 4.78 is 16.8. The van der Waals surface area contributed by atoms with Crippen molar-refractivity contribution in [2.75, 3.05) is 20.3 Å². The monoisotopic (exact) mass is 368 g/mol. The lowest BCUT2D eigenvalue weighted by atomic mass is 10.1. The Morgan fingerprint density at radius 2 is 1.52 bits per heavy atom. The number of ether oxygens (including phenoxy) is 3. The number of hydrogen-bond acceptors (Lipinski definition) is 4. The normalized spacial score (nSPS) is 10.8. The number of hydrogen-bond donors (Lipinski definition) is 0. The van der Waals surface area contributed by atoms with Gasteiger partial charge in [-0.2, -0.15) is 0 Å². The van der Waals surface area contributed by atoms with Crippen molar-refractivity contribution in [3.05, 3.63) is 59.2 Å². The van der Waals surface area contributed by atoms with Crippen LogP contribution in [-0.2, 0) is 0 Å². The number of rotatable bonds is 10. The molecule has 0 spiro atoms. The van der Waals surface area contributed by atoms with E-state index >= 15 is 0 Å². The molecule has 27 heavy (non-hydrogen) atoms. The van der Waals surface area contributed by atoms with Crippen LogP contribution in [0.25, 0.3) is 6.08 Å². The van der Waals surface area contributed by atoms with Gasteiger partial charge >= 0.3 is 0 Å². The maximum atomic E-state index is 12.4. The summed E-state index contributed by atoms with van der Waals surface area (Å²) in [6, 6.07) is 11.0. The molecule has 0 saturated carbocycles. The van der Waals surface area contributed by atoms with Gasteiger partial charge in [0, 0.05) is 11.1 Å². The summed E-state index contributed by atoms with van der Waals surface area (Å²) >= 11 is 0. The van der Waals surface area contributed by atoms with Gasteiger partial charge in [-0.05, 0) is 67.8 Å². The first kappa shape index (κ1) is 20.6. The van der Waals surface area contributed by atoms with Crippen molar-refractivity contribution in [1.29, 1.82) is 0 Å². The number of allylic oxidation sites excluding steroid dienone is 1. The van der Waals surface area contributed by atoms with Gasteiger partial charge in [0.15, 0.2) is 5.78 Å². The van der Waals surface area contributed by atoms with Gasteiger partial charge < -0.3 is 14.2 Å². The topological polar surface area (TPSA) is 44.8 Å². The molecule has 0 aliphatic heterocycles. The van der Waals surface area contributed by atoms with E-state index in [0.29, 0.717) is 18.8 Å². The largest absolute Gasteiger partial charge is 0.497 e. The predicted octanol–water partition coefficient (Wildman–Crippen LogP) is 5.48. The van der Waals surface area contributed by atoms with Gasteiger partial charge in [0.1, 0.15) is 17.2 Å². The summed E-state index contributed by atoms with van der Waals surface area (Å²) in [5, 5.41) is 0. The Hall–Kier alpha value is -2.75. The van der Waals surface area contributed by atoms with Gasteiger partial charge in [0.25, 0.3) is 0 Å². The number of carbonyl (C=O) groups is 1.